The van der Waals surface area contributed by atoms with E-state index in [-0.39, 0.29) is 23.2 Å². The molecular weight excluding hydrogens is 452 g/mol. The summed E-state index contributed by atoms with van der Waals surface area (Å²) in [5.41, 5.74) is 3.47. The van der Waals surface area contributed by atoms with Gasteiger partial charge in [-0.3, -0.25) is 9.59 Å². The van der Waals surface area contributed by atoms with Crippen molar-refractivity contribution in [2.45, 2.75) is 44.9 Å². The Balaban J connectivity index is 1.79. The minimum Gasteiger partial charge on any atom is -0.457 e. The van der Waals surface area contributed by atoms with E-state index in [4.69, 9.17) is 9.88 Å². The van der Waals surface area contributed by atoms with Gasteiger partial charge in [-0.25, -0.2) is 13.6 Å². The maximum Gasteiger partial charge on any atom is 0.314 e. The van der Waals surface area contributed by atoms with E-state index in [2.05, 4.69) is 0 Å². The average molecular weight is 483 g/mol. The zero-order valence-corrected chi connectivity index (χ0v) is 20.6. The summed E-state index contributed by atoms with van der Waals surface area (Å²) < 4.78 is 30.4. The van der Waals surface area contributed by atoms with Crippen molar-refractivity contribution < 1.29 is 22.7 Å². The maximum atomic E-state index is 13.0. The van der Waals surface area contributed by atoms with Gasteiger partial charge in [-0.15, -0.1) is 0 Å². The first-order valence-corrected chi connectivity index (χ1v) is 12.7. The summed E-state index contributed by atoms with van der Waals surface area (Å²) in [6.45, 7) is 7.30. The van der Waals surface area contributed by atoms with E-state index >= 15 is 0 Å². The molecule has 1 aromatic heterocycles. The number of aryl methyl sites for hydroxylation is 1. The molecule has 2 atom stereocenters. The summed E-state index contributed by atoms with van der Waals surface area (Å²) in [6.07, 6.45) is 0.800. The Morgan fingerprint density at radius 2 is 1.65 bits per heavy atom. The van der Waals surface area contributed by atoms with Gasteiger partial charge in [-0.2, -0.15) is 0 Å². The highest BCUT2D eigenvalue weighted by molar-refractivity contribution is 7.89. The van der Waals surface area contributed by atoms with Crippen LogP contribution in [-0.4, -0.2) is 31.3 Å². The third kappa shape index (κ3) is 5.46. The summed E-state index contributed by atoms with van der Waals surface area (Å²) in [7, 11) is -3.79. The fourth-order valence-electron chi connectivity index (χ4n) is 4.12. The first-order chi connectivity index (χ1) is 16.0. The van der Waals surface area contributed by atoms with Crippen LogP contribution in [0.1, 0.15) is 53.5 Å². The normalized spacial score (nSPS) is 13.3. The van der Waals surface area contributed by atoms with Gasteiger partial charge >= 0.3 is 5.97 Å². The molecule has 34 heavy (non-hydrogen) atoms. The largest absolute Gasteiger partial charge is 0.457 e. The number of nitrogens with two attached hydrogens (primary N) is 1. The van der Waals surface area contributed by atoms with E-state index in [1.54, 1.807) is 25.1 Å². The third-order valence-electron chi connectivity index (χ3n) is 6.13. The second-order valence-corrected chi connectivity index (χ2v) is 10.0. The van der Waals surface area contributed by atoms with Crippen LogP contribution in [0.15, 0.2) is 65.6 Å². The Morgan fingerprint density at radius 3 is 2.21 bits per heavy atom. The molecule has 0 aliphatic heterocycles. The van der Waals surface area contributed by atoms with Crippen molar-refractivity contribution in [2.75, 3.05) is 6.61 Å². The van der Waals surface area contributed by atoms with Gasteiger partial charge in [-0.1, -0.05) is 50.6 Å². The highest BCUT2D eigenvalue weighted by Crippen LogP contribution is 2.29. The number of esters is 1. The number of carbonyl (C=O) groups excluding carboxylic acids is 2. The molecular formula is C26H30N2O5S. The van der Waals surface area contributed by atoms with Crippen LogP contribution in [-0.2, 0) is 19.6 Å². The van der Waals surface area contributed by atoms with Crippen molar-refractivity contribution in [2.24, 2.45) is 11.1 Å². The second-order valence-electron chi connectivity index (χ2n) is 8.46. The van der Waals surface area contributed by atoms with Crippen molar-refractivity contribution in [1.82, 2.24) is 4.57 Å². The van der Waals surface area contributed by atoms with Crippen LogP contribution in [0.5, 0.6) is 0 Å². The molecule has 0 spiro atoms. The lowest BCUT2D eigenvalue weighted by atomic mass is 9.85. The summed E-state index contributed by atoms with van der Waals surface area (Å²) in [6, 6.07) is 17.3. The zero-order valence-electron chi connectivity index (χ0n) is 19.8. The molecule has 3 rings (SSSR count). The van der Waals surface area contributed by atoms with Gasteiger partial charge in [-0.05, 0) is 55.7 Å². The number of hydrogen-bond acceptors (Lipinski definition) is 5. The summed E-state index contributed by atoms with van der Waals surface area (Å²) in [4.78, 5) is 25.9. The highest BCUT2D eigenvalue weighted by Gasteiger charge is 2.28. The summed E-state index contributed by atoms with van der Waals surface area (Å²) >= 11 is 0. The molecule has 0 radical (unpaired) electrons. The molecule has 180 valence electrons. The Kier molecular flexibility index (Phi) is 7.74. The monoisotopic (exact) mass is 482 g/mol. The number of nitrogens with zero attached hydrogens (tertiary/aromatic N) is 1. The van der Waals surface area contributed by atoms with Crippen molar-refractivity contribution >= 4 is 21.8 Å². The quantitative estimate of drug-likeness (QED) is 0.361. The standard InChI is InChI=1S/C26H30N2O5S/c1-5-17(2)25(20-9-7-6-8-10-20)26(30)33-16-24(29)23-15-18(3)28(19(23)4)21-11-13-22(14-12-21)34(27,31)32/h6-15,17,25H,5,16H2,1-4H3,(H2,27,31,32)/t17-,25+/m1/s1. The fraction of sp³-hybridized carbons (Fsp3) is 0.308. The molecule has 0 amide bonds. The predicted octanol–water partition coefficient (Wildman–Crippen LogP) is 4.30. The van der Waals surface area contributed by atoms with Crippen LogP contribution in [0.25, 0.3) is 5.69 Å². The van der Waals surface area contributed by atoms with Crippen molar-refractivity contribution in [3.8, 4) is 5.69 Å². The number of hydrogen-bond donors (Lipinski definition) is 1. The van der Waals surface area contributed by atoms with Gasteiger partial charge in [0.1, 0.15) is 0 Å². The molecule has 0 fully saturated rings. The predicted molar refractivity (Wildman–Crippen MR) is 131 cm³/mol. The van der Waals surface area contributed by atoms with E-state index in [9.17, 15) is 18.0 Å². The number of ether oxygens (including phenoxy) is 1. The van der Waals surface area contributed by atoms with Crippen LogP contribution >= 0.6 is 0 Å². The molecule has 7 nitrogen and oxygen atoms in total. The maximum absolute atomic E-state index is 13.0. The average Bonchev–Trinajstić information content (AvgIpc) is 3.11. The van der Waals surface area contributed by atoms with Crippen LogP contribution in [0, 0.1) is 19.8 Å². The minimum absolute atomic E-state index is 0.0104. The van der Waals surface area contributed by atoms with Crippen LogP contribution in [0.4, 0.5) is 0 Å². The van der Waals surface area contributed by atoms with Gasteiger partial charge in [0.25, 0.3) is 0 Å². The van der Waals surface area contributed by atoms with E-state index in [1.165, 1.54) is 12.1 Å². The lowest BCUT2D eigenvalue weighted by Crippen LogP contribution is -2.24. The zero-order chi connectivity index (χ0) is 25.0. The molecule has 0 saturated heterocycles. The topological polar surface area (TPSA) is 108 Å². The number of rotatable bonds is 9. The molecule has 2 aromatic carbocycles. The number of primary sulfonamides is 1. The molecule has 1 heterocycles. The number of aromatic nitrogens is 1. The van der Waals surface area contributed by atoms with Gasteiger partial charge in [0, 0.05) is 22.6 Å². The molecule has 2 N–H and O–H groups in total. The molecule has 0 saturated carbocycles. The van der Waals surface area contributed by atoms with E-state index in [1.807, 2.05) is 55.7 Å². The number of carbonyl (C=O) groups is 2. The number of ketones is 1. The van der Waals surface area contributed by atoms with Gasteiger partial charge < -0.3 is 9.30 Å². The summed E-state index contributed by atoms with van der Waals surface area (Å²) in [5, 5.41) is 5.17. The second kappa shape index (κ2) is 10.4. The summed E-state index contributed by atoms with van der Waals surface area (Å²) in [5.74, 6) is -1.09. The Labute approximate surface area is 200 Å². The Hall–Kier alpha value is -3.23. The molecule has 8 heteroatoms. The van der Waals surface area contributed by atoms with E-state index in [0.717, 1.165) is 17.7 Å². The van der Waals surface area contributed by atoms with Crippen LogP contribution in [0.2, 0.25) is 0 Å². The highest BCUT2D eigenvalue weighted by atomic mass is 32.2. The molecule has 0 aliphatic carbocycles. The smallest absolute Gasteiger partial charge is 0.314 e. The van der Waals surface area contributed by atoms with E-state index < -0.39 is 21.9 Å². The number of Topliss-reactive ketones (excluding diaryl/α,β-unsaturated/α-hetero) is 1. The van der Waals surface area contributed by atoms with Crippen molar-refractivity contribution in [1.29, 1.82) is 0 Å². The molecule has 0 unspecified atom stereocenters. The fourth-order valence-corrected chi connectivity index (χ4v) is 4.64. The lowest BCUT2D eigenvalue weighted by Gasteiger charge is -2.21. The first kappa shape index (κ1) is 25.4. The lowest BCUT2D eigenvalue weighted by molar-refractivity contribution is -0.145. The Bertz CT molecular complexity index is 1280. The molecule has 3 aromatic rings. The van der Waals surface area contributed by atoms with Crippen LogP contribution in [0.3, 0.4) is 0 Å². The third-order valence-corrected chi connectivity index (χ3v) is 7.06. The molecule has 0 bridgehead atoms. The number of sulfonamides is 1. The van der Waals surface area contributed by atoms with Crippen molar-refractivity contribution in [3.05, 3.63) is 83.2 Å². The molecule has 0 aliphatic rings. The Morgan fingerprint density at radius 1 is 1.03 bits per heavy atom. The van der Waals surface area contributed by atoms with E-state index in [0.29, 0.717) is 16.9 Å². The number of benzene rings is 2. The van der Waals surface area contributed by atoms with Gasteiger partial charge in [0.15, 0.2) is 6.61 Å². The first-order valence-electron chi connectivity index (χ1n) is 11.1. The van der Waals surface area contributed by atoms with Crippen molar-refractivity contribution in [3.63, 3.8) is 0 Å². The van der Waals surface area contributed by atoms with Gasteiger partial charge in [0.2, 0.25) is 15.8 Å². The minimum atomic E-state index is -3.79. The SMILES string of the molecule is CC[C@@H](C)[C@H](C(=O)OCC(=O)c1cc(C)n(-c2ccc(S(N)(=O)=O)cc2)c1C)c1ccccc1. The van der Waals surface area contributed by atoms with Crippen LogP contribution < -0.4 is 5.14 Å². The van der Waals surface area contributed by atoms with Gasteiger partial charge in [0.05, 0.1) is 10.8 Å².